The van der Waals surface area contributed by atoms with Gasteiger partial charge in [-0.15, -0.1) is 0 Å². The lowest BCUT2D eigenvalue weighted by Crippen LogP contribution is -2.34. The molecule has 0 radical (unpaired) electrons. The average molecular weight is 219 g/mol. The van der Waals surface area contributed by atoms with Crippen LogP contribution >= 0.6 is 11.6 Å². The van der Waals surface area contributed by atoms with Gasteiger partial charge in [0.2, 0.25) is 5.88 Å². The highest BCUT2D eigenvalue weighted by molar-refractivity contribution is 6.62. The molecule has 0 unspecified atom stereocenters. The normalized spacial score (nSPS) is 10.1. The maximum atomic E-state index is 13.4. The van der Waals surface area contributed by atoms with E-state index in [1.807, 2.05) is 0 Å². The highest BCUT2D eigenvalue weighted by atomic mass is 35.5. The van der Waals surface area contributed by atoms with Crippen LogP contribution in [-0.4, -0.2) is 28.8 Å². The van der Waals surface area contributed by atoms with Crippen molar-refractivity contribution in [2.45, 2.75) is 6.92 Å². The second-order valence-corrected chi connectivity index (χ2v) is 2.85. The second kappa shape index (κ2) is 4.59. The minimum Gasteiger partial charge on any atom is -0.476 e. The molecule has 0 spiro atoms. The molecule has 4 nitrogen and oxygen atoms in total. The fraction of sp³-hybridized carbons (Fsp3) is 0.286. The summed E-state index contributed by atoms with van der Waals surface area (Å²) in [5, 5.41) is 17.5. The Morgan fingerprint density at radius 1 is 1.64 bits per heavy atom. The molecule has 0 aromatic carbocycles. The minimum absolute atomic E-state index is 0.152. The molecular formula is C7H8BClFNO3. The SMILES string of the molecule is CCOc1ncc(Cl)c(B(O)O)c1F. The van der Waals surface area contributed by atoms with E-state index in [2.05, 4.69) is 4.98 Å². The lowest BCUT2D eigenvalue weighted by Gasteiger charge is -2.08. The van der Waals surface area contributed by atoms with Crippen molar-refractivity contribution < 1.29 is 19.2 Å². The van der Waals surface area contributed by atoms with Gasteiger partial charge >= 0.3 is 7.12 Å². The van der Waals surface area contributed by atoms with Gasteiger partial charge in [-0.05, 0) is 6.92 Å². The zero-order chi connectivity index (χ0) is 10.7. The van der Waals surface area contributed by atoms with Crippen LogP contribution < -0.4 is 10.2 Å². The van der Waals surface area contributed by atoms with Gasteiger partial charge < -0.3 is 14.8 Å². The lowest BCUT2D eigenvalue weighted by molar-refractivity contribution is 0.307. The molecule has 14 heavy (non-hydrogen) atoms. The summed E-state index contributed by atoms with van der Waals surface area (Å²) in [6.07, 6.45) is 1.10. The topological polar surface area (TPSA) is 62.6 Å². The molecule has 7 heteroatoms. The predicted octanol–water partition coefficient (Wildman–Crippen LogP) is -0.0474. The van der Waals surface area contributed by atoms with E-state index in [1.54, 1.807) is 6.92 Å². The van der Waals surface area contributed by atoms with E-state index in [-0.39, 0.29) is 17.5 Å². The summed E-state index contributed by atoms with van der Waals surface area (Å²) < 4.78 is 18.2. The van der Waals surface area contributed by atoms with Crippen molar-refractivity contribution in [3.63, 3.8) is 0 Å². The quantitative estimate of drug-likeness (QED) is 0.700. The van der Waals surface area contributed by atoms with Crippen LogP contribution in [0.3, 0.4) is 0 Å². The van der Waals surface area contributed by atoms with Gasteiger partial charge in [-0.3, -0.25) is 0 Å². The van der Waals surface area contributed by atoms with Crippen LogP contribution in [0.2, 0.25) is 5.02 Å². The summed E-state index contributed by atoms with van der Waals surface area (Å²) in [6, 6.07) is 0. The van der Waals surface area contributed by atoms with Gasteiger partial charge in [0.1, 0.15) is 0 Å². The zero-order valence-corrected chi connectivity index (χ0v) is 8.12. The Morgan fingerprint density at radius 3 is 2.79 bits per heavy atom. The predicted molar refractivity (Wildman–Crippen MR) is 50.2 cm³/mol. The Balaban J connectivity index is 3.19. The molecule has 0 aliphatic heterocycles. The number of aromatic nitrogens is 1. The lowest BCUT2D eigenvalue weighted by atomic mass is 9.80. The first-order valence-electron chi connectivity index (χ1n) is 3.90. The molecule has 0 atom stereocenters. The van der Waals surface area contributed by atoms with Crippen LogP contribution in [0.15, 0.2) is 6.20 Å². The maximum absolute atomic E-state index is 13.4. The first-order valence-corrected chi connectivity index (χ1v) is 4.28. The summed E-state index contributed by atoms with van der Waals surface area (Å²) >= 11 is 5.52. The molecule has 1 aromatic heterocycles. The fourth-order valence-electron chi connectivity index (χ4n) is 0.936. The van der Waals surface area contributed by atoms with E-state index in [4.69, 9.17) is 26.4 Å². The van der Waals surface area contributed by atoms with Crippen LogP contribution in [0.25, 0.3) is 0 Å². The molecule has 0 fully saturated rings. The molecular weight excluding hydrogens is 211 g/mol. The summed E-state index contributed by atoms with van der Waals surface area (Å²) in [5.74, 6) is -1.24. The van der Waals surface area contributed by atoms with Crippen LogP contribution in [0, 0.1) is 5.82 Å². The van der Waals surface area contributed by atoms with Crippen LogP contribution in [0.4, 0.5) is 4.39 Å². The van der Waals surface area contributed by atoms with E-state index in [0.29, 0.717) is 0 Å². The third kappa shape index (κ3) is 2.15. The second-order valence-electron chi connectivity index (χ2n) is 2.45. The summed E-state index contributed by atoms with van der Waals surface area (Å²) in [4.78, 5) is 3.56. The van der Waals surface area contributed by atoms with Gasteiger partial charge in [-0.2, -0.15) is 0 Å². The largest absolute Gasteiger partial charge is 0.493 e. The Labute approximate surface area is 85.4 Å². The van der Waals surface area contributed by atoms with Crippen molar-refractivity contribution in [3.8, 4) is 5.88 Å². The van der Waals surface area contributed by atoms with Gasteiger partial charge in [0.15, 0.2) is 5.82 Å². The summed E-state index contributed by atoms with van der Waals surface area (Å²) in [5.41, 5.74) is -0.426. The highest BCUT2D eigenvalue weighted by Gasteiger charge is 2.24. The molecule has 0 aliphatic rings. The third-order valence-electron chi connectivity index (χ3n) is 1.52. The molecule has 0 saturated carbocycles. The number of pyridine rings is 1. The molecule has 0 bridgehead atoms. The van der Waals surface area contributed by atoms with Gasteiger partial charge in [0.25, 0.3) is 0 Å². The monoisotopic (exact) mass is 219 g/mol. The fourth-order valence-corrected chi connectivity index (χ4v) is 1.16. The number of hydrogen-bond acceptors (Lipinski definition) is 4. The minimum atomic E-state index is -1.98. The summed E-state index contributed by atoms with van der Waals surface area (Å²) in [6.45, 7) is 1.89. The highest BCUT2D eigenvalue weighted by Crippen LogP contribution is 2.15. The van der Waals surface area contributed by atoms with Crippen molar-refractivity contribution in [2.75, 3.05) is 6.61 Å². The number of hydrogen-bond donors (Lipinski definition) is 2. The maximum Gasteiger partial charge on any atom is 0.493 e. The van der Waals surface area contributed by atoms with E-state index in [9.17, 15) is 4.39 Å². The number of rotatable bonds is 3. The number of ether oxygens (including phenoxy) is 1. The Bertz CT molecular complexity index is 337. The van der Waals surface area contributed by atoms with Crippen molar-refractivity contribution in [2.24, 2.45) is 0 Å². The third-order valence-corrected chi connectivity index (χ3v) is 1.82. The Hall–Kier alpha value is -0.845. The van der Waals surface area contributed by atoms with E-state index < -0.39 is 18.4 Å². The molecule has 1 rings (SSSR count). The number of nitrogens with zero attached hydrogens (tertiary/aromatic N) is 1. The molecule has 76 valence electrons. The molecule has 2 N–H and O–H groups in total. The van der Waals surface area contributed by atoms with Crippen molar-refractivity contribution in [1.29, 1.82) is 0 Å². The molecule has 1 heterocycles. The molecule has 0 saturated heterocycles. The molecule has 0 amide bonds. The van der Waals surface area contributed by atoms with Crippen molar-refractivity contribution in [3.05, 3.63) is 17.0 Å². The van der Waals surface area contributed by atoms with Crippen molar-refractivity contribution >= 4 is 24.2 Å². The average Bonchev–Trinajstić information content (AvgIpc) is 2.10. The van der Waals surface area contributed by atoms with E-state index in [0.717, 1.165) is 6.20 Å². The van der Waals surface area contributed by atoms with Gasteiger partial charge in [0, 0.05) is 11.7 Å². The zero-order valence-electron chi connectivity index (χ0n) is 7.37. The first kappa shape index (κ1) is 11.2. The Morgan fingerprint density at radius 2 is 2.29 bits per heavy atom. The van der Waals surface area contributed by atoms with E-state index >= 15 is 0 Å². The Kier molecular flexibility index (Phi) is 3.68. The van der Waals surface area contributed by atoms with Crippen LogP contribution in [-0.2, 0) is 0 Å². The van der Waals surface area contributed by atoms with Gasteiger partial charge in [-0.1, -0.05) is 11.6 Å². The first-order chi connectivity index (χ1) is 6.57. The van der Waals surface area contributed by atoms with E-state index in [1.165, 1.54) is 0 Å². The van der Waals surface area contributed by atoms with Crippen LogP contribution in [0.5, 0.6) is 5.88 Å². The smallest absolute Gasteiger partial charge is 0.476 e. The van der Waals surface area contributed by atoms with Gasteiger partial charge in [-0.25, -0.2) is 9.37 Å². The molecule has 0 aliphatic carbocycles. The molecule has 1 aromatic rings. The number of halogens is 2. The van der Waals surface area contributed by atoms with Crippen molar-refractivity contribution in [1.82, 2.24) is 4.98 Å². The standard InChI is InChI=1S/C7H8BClFNO3/c1-2-14-7-6(10)5(8(12)13)4(9)3-11-7/h3,12-13H,2H2,1H3. The summed E-state index contributed by atoms with van der Waals surface area (Å²) in [7, 11) is -1.98. The van der Waals surface area contributed by atoms with Crippen LogP contribution in [0.1, 0.15) is 6.92 Å². The van der Waals surface area contributed by atoms with Gasteiger partial charge in [0.05, 0.1) is 11.6 Å².